The zero-order valence-electron chi connectivity index (χ0n) is 31.5. The third-order valence-electron chi connectivity index (χ3n) is 12.0. The first-order valence-electron chi connectivity index (χ1n) is 19.9. The maximum atomic E-state index is 2.45. The van der Waals surface area contributed by atoms with Crippen LogP contribution >= 0.6 is 0 Å². The second-order valence-corrected chi connectivity index (χ2v) is 15.3. The van der Waals surface area contributed by atoms with E-state index in [-0.39, 0.29) is 0 Å². The number of benzene rings is 9. The average molecular weight is 726 g/mol. The van der Waals surface area contributed by atoms with Crippen LogP contribution in [-0.4, -0.2) is 4.57 Å². The largest absolute Gasteiger partial charge is 0.309 e. The van der Waals surface area contributed by atoms with Crippen LogP contribution in [0, 0.1) is 0 Å². The van der Waals surface area contributed by atoms with Gasteiger partial charge in [-0.2, -0.15) is 0 Å². The number of rotatable bonds is 6. The van der Waals surface area contributed by atoms with Crippen molar-refractivity contribution < 1.29 is 0 Å². The van der Waals surface area contributed by atoms with Crippen molar-refractivity contribution in [2.75, 3.05) is 0 Å². The summed E-state index contributed by atoms with van der Waals surface area (Å²) in [7, 11) is 0. The fraction of sp³-hybridized carbons (Fsp3) is 0.0357. The summed E-state index contributed by atoms with van der Waals surface area (Å²) in [6.07, 6.45) is 0.996. The molecule has 1 aromatic heterocycles. The maximum Gasteiger partial charge on any atom is 0.0541 e. The summed E-state index contributed by atoms with van der Waals surface area (Å²) >= 11 is 0. The Morgan fingerprint density at radius 1 is 0.333 bits per heavy atom. The Morgan fingerprint density at radius 2 is 0.860 bits per heavy atom. The SMILES string of the molecule is c1ccc(-c2ccc(C3Cc4ccccc4-c4cc(-c5ccc6c(c5)c5ccccc5n6-c5cc(-c6ccccc6)cc(-c6ccccc6)c5)ccc43)cc2)cc1. The van der Waals surface area contributed by atoms with Gasteiger partial charge in [0.05, 0.1) is 11.0 Å². The van der Waals surface area contributed by atoms with Crippen LogP contribution in [0.2, 0.25) is 0 Å². The van der Waals surface area contributed by atoms with Crippen molar-refractivity contribution in [3.05, 3.63) is 235 Å². The highest BCUT2D eigenvalue weighted by Gasteiger charge is 2.26. The summed E-state index contributed by atoms with van der Waals surface area (Å²) in [6, 6.07) is 80.4. The van der Waals surface area contributed by atoms with E-state index in [4.69, 9.17) is 0 Å². The molecule has 0 fully saturated rings. The molecule has 1 heterocycles. The van der Waals surface area contributed by atoms with E-state index < -0.39 is 0 Å². The fourth-order valence-corrected chi connectivity index (χ4v) is 9.17. The van der Waals surface area contributed by atoms with E-state index in [1.54, 1.807) is 0 Å². The number of fused-ring (bicyclic) bond motifs is 6. The molecule has 0 amide bonds. The Hall–Kier alpha value is -7.22. The molecule has 0 saturated carbocycles. The van der Waals surface area contributed by atoms with Crippen molar-refractivity contribution in [1.29, 1.82) is 0 Å². The Kier molecular flexibility index (Phi) is 8.03. The molecule has 0 spiro atoms. The lowest BCUT2D eigenvalue weighted by molar-refractivity contribution is 0.794. The molecule has 1 aliphatic carbocycles. The standard InChI is InChI=1S/C56H39N/c1-4-14-38(15-5-1)41-24-26-42(27-25-41)52-37-45-20-10-11-21-49(45)53-35-43(28-30-50(52)53)44-29-31-56-54(36-44)51-22-12-13-23-55(51)57(56)48-33-46(39-16-6-2-7-17-39)32-47(34-48)40-18-8-3-9-19-40/h1-36,52H,37H2. The van der Waals surface area contributed by atoms with E-state index in [1.165, 1.54) is 94.1 Å². The van der Waals surface area contributed by atoms with E-state index in [0.717, 1.165) is 12.1 Å². The number of nitrogens with zero attached hydrogens (tertiary/aromatic N) is 1. The second kappa shape index (κ2) is 13.8. The molecule has 9 aromatic carbocycles. The molecule has 1 aliphatic rings. The second-order valence-electron chi connectivity index (χ2n) is 15.3. The van der Waals surface area contributed by atoms with Crippen molar-refractivity contribution in [2.24, 2.45) is 0 Å². The zero-order chi connectivity index (χ0) is 37.7. The van der Waals surface area contributed by atoms with Crippen LogP contribution in [0.15, 0.2) is 218 Å². The maximum absolute atomic E-state index is 2.45. The fourth-order valence-electron chi connectivity index (χ4n) is 9.17. The Bertz CT molecular complexity index is 3010. The molecule has 0 saturated heterocycles. The molecule has 10 aromatic rings. The van der Waals surface area contributed by atoms with E-state index in [2.05, 4.69) is 223 Å². The number of para-hydroxylation sites is 1. The number of hydrogen-bond donors (Lipinski definition) is 0. The van der Waals surface area contributed by atoms with Gasteiger partial charge in [0.25, 0.3) is 0 Å². The minimum absolute atomic E-state index is 0.293. The van der Waals surface area contributed by atoms with Gasteiger partial charge in [0, 0.05) is 22.4 Å². The van der Waals surface area contributed by atoms with Crippen LogP contribution in [0.25, 0.3) is 83.1 Å². The minimum atomic E-state index is 0.293. The number of aromatic nitrogens is 1. The topological polar surface area (TPSA) is 4.93 Å². The van der Waals surface area contributed by atoms with E-state index >= 15 is 0 Å². The monoisotopic (exact) mass is 725 g/mol. The molecule has 1 atom stereocenters. The third kappa shape index (κ3) is 5.88. The average Bonchev–Trinajstić information content (AvgIpc) is 3.63. The highest BCUT2D eigenvalue weighted by Crippen LogP contribution is 2.45. The van der Waals surface area contributed by atoms with E-state index in [1.807, 2.05) is 0 Å². The summed E-state index contributed by atoms with van der Waals surface area (Å²) in [5.74, 6) is 0.293. The molecule has 1 heteroatoms. The first kappa shape index (κ1) is 33.1. The van der Waals surface area contributed by atoms with Gasteiger partial charge in [-0.15, -0.1) is 0 Å². The van der Waals surface area contributed by atoms with Crippen molar-refractivity contribution in [3.63, 3.8) is 0 Å². The smallest absolute Gasteiger partial charge is 0.0541 e. The summed E-state index contributed by atoms with van der Waals surface area (Å²) in [5.41, 5.74) is 20.2. The highest BCUT2D eigenvalue weighted by molar-refractivity contribution is 6.10. The summed E-state index contributed by atoms with van der Waals surface area (Å²) in [4.78, 5) is 0. The van der Waals surface area contributed by atoms with Gasteiger partial charge in [-0.3, -0.25) is 0 Å². The molecule has 0 radical (unpaired) electrons. The lowest BCUT2D eigenvalue weighted by atomic mass is 9.75. The van der Waals surface area contributed by atoms with Gasteiger partial charge in [0.2, 0.25) is 0 Å². The number of hydrogen-bond acceptors (Lipinski definition) is 0. The van der Waals surface area contributed by atoms with Crippen molar-refractivity contribution in [1.82, 2.24) is 4.57 Å². The summed E-state index contributed by atoms with van der Waals surface area (Å²) < 4.78 is 2.45. The normalized spacial score (nSPS) is 13.4. The van der Waals surface area contributed by atoms with E-state index in [9.17, 15) is 0 Å². The molecule has 1 nitrogen and oxygen atoms in total. The van der Waals surface area contributed by atoms with Crippen LogP contribution in [0.1, 0.15) is 22.6 Å². The van der Waals surface area contributed by atoms with Crippen LogP contribution in [0.5, 0.6) is 0 Å². The lowest BCUT2D eigenvalue weighted by Crippen LogP contribution is -2.12. The first-order chi connectivity index (χ1) is 28.2. The van der Waals surface area contributed by atoms with Crippen LogP contribution in [-0.2, 0) is 6.42 Å². The molecule has 0 N–H and O–H groups in total. The molecular weight excluding hydrogens is 687 g/mol. The van der Waals surface area contributed by atoms with Gasteiger partial charge >= 0.3 is 0 Å². The van der Waals surface area contributed by atoms with Crippen LogP contribution in [0.4, 0.5) is 0 Å². The van der Waals surface area contributed by atoms with Gasteiger partial charge in [-0.1, -0.05) is 176 Å². The Labute approximate surface area is 333 Å². The molecule has 0 aliphatic heterocycles. The molecule has 57 heavy (non-hydrogen) atoms. The minimum Gasteiger partial charge on any atom is -0.309 e. The zero-order valence-corrected chi connectivity index (χ0v) is 31.5. The highest BCUT2D eigenvalue weighted by atomic mass is 15.0. The third-order valence-corrected chi connectivity index (χ3v) is 12.0. The van der Waals surface area contributed by atoms with Crippen molar-refractivity contribution in [3.8, 4) is 61.3 Å². The van der Waals surface area contributed by atoms with Crippen LogP contribution < -0.4 is 0 Å². The van der Waals surface area contributed by atoms with Gasteiger partial charge in [0.1, 0.15) is 0 Å². The first-order valence-corrected chi connectivity index (χ1v) is 19.9. The Balaban J connectivity index is 1.03. The molecule has 0 bridgehead atoms. The predicted molar refractivity (Wildman–Crippen MR) is 240 cm³/mol. The molecule has 11 rings (SSSR count). The van der Waals surface area contributed by atoms with Gasteiger partial charge in [-0.25, -0.2) is 0 Å². The van der Waals surface area contributed by atoms with Crippen molar-refractivity contribution >= 4 is 21.8 Å². The van der Waals surface area contributed by atoms with E-state index in [0.29, 0.717) is 5.92 Å². The molecular formula is C56H39N. The predicted octanol–water partition coefficient (Wildman–Crippen LogP) is 14.8. The summed E-state index contributed by atoms with van der Waals surface area (Å²) in [5, 5.41) is 2.51. The van der Waals surface area contributed by atoms with Crippen LogP contribution in [0.3, 0.4) is 0 Å². The van der Waals surface area contributed by atoms with Crippen molar-refractivity contribution in [2.45, 2.75) is 12.3 Å². The lowest BCUT2D eigenvalue weighted by Gasteiger charge is -2.29. The van der Waals surface area contributed by atoms with Gasteiger partial charge < -0.3 is 4.57 Å². The van der Waals surface area contributed by atoms with Gasteiger partial charge in [-0.05, 0) is 121 Å². The molecule has 268 valence electrons. The molecule has 1 unspecified atom stereocenters. The van der Waals surface area contributed by atoms with Gasteiger partial charge in [0.15, 0.2) is 0 Å². The Morgan fingerprint density at radius 3 is 1.56 bits per heavy atom. The quantitative estimate of drug-likeness (QED) is 0.161. The summed E-state index contributed by atoms with van der Waals surface area (Å²) in [6.45, 7) is 0.